The number of aromatic nitrogens is 2. The number of rotatable bonds is 3. The van der Waals surface area contributed by atoms with Crippen LogP contribution < -0.4 is 5.32 Å². The molecule has 1 saturated heterocycles. The van der Waals surface area contributed by atoms with Crippen LogP contribution in [0.4, 0.5) is 0 Å². The zero-order chi connectivity index (χ0) is 15.7. The van der Waals surface area contributed by atoms with Gasteiger partial charge in [-0.25, -0.2) is 0 Å². The van der Waals surface area contributed by atoms with Gasteiger partial charge in [0.1, 0.15) is 0 Å². The first-order valence-electron chi connectivity index (χ1n) is 7.49. The molecule has 1 atom stereocenters. The third-order valence-corrected chi connectivity index (χ3v) is 4.88. The van der Waals surface area contributed by atoms with Crippen LogP contribution in [0.3, 0.4) is 0 Å². The van der Waals surface area contributed by atoms with Crippen LogP contribution in [0.2, 0.25) is 0 Å². The van der Waals surface area contributed by atoms with Gasteiger partial charge in [0.25, 0.3) is 0 Å². The molecular formula is C16H21BrN4O. The van der Waals surface area contributed by atoms with Crippen molar-refractivity contribution in [1.29, 1.82) is 0 Å². The van der Waals surface area contributed by atoms with Crippen molar-refractivity contribution in [2.24, 2.45) is 0 Å². The standard InChI is InChI=1S/C16H21BrN4O/c1-16(2,11-4-6-12(17)7-5-11)15-19-14(20-22-15)13-10-18-8-9-21(13)3/h4-7,13,18H,8-10H2,1-3H3. The first-order valence-corrected chi connectivity index (χ1v) is 8.29. The Kier molecular flexibility index (Phi) is 4.34. The van der Waals surface area contributed by atoms with Gasteiger partial charge < -0.3 is 9.84 Å². The summed E-state index contributed by atoms with van der Waals surface area (Å²) < 4.78 is 6.65. The molecule has 5 nitrogen and oxygen atoms in total. The van der Waals surface area contributed by atoms with Crippen LogP contribution in [-0.4, -0.2) is 41.7 Å². The van der Waals surface area contributed by atoms with Gasteiger partial charge in [0, 0.05) is 24.1 Å². The van der Waals surface area contributed by atoms with Gasteiger partial charge in [-0.3, -0.25) is 4.90 Å². The van der Waals surface area contributed by atoms with E-state index in [1.54, 1.807) is 0 Å². The number of benzene rings is 1. The number of piperazine rings is 1. The monoisotopic (exact) mass is 364 g/mol. The maximum Gasteiger partial charge on any atom is 0.236 e. The van der Waals surface area contributed by atoms with E-state index in [9.17, 15) is 0 Å². The second-order valence-electron chi connectivity index (χ2n) is 6.29. The second kappa shape index (κ2) is 6.10. The average Bonchev–Trinajstić information content (AvgIpc) is 2.98. The van der Waals surface area contributed by atoms with E-state index in [-0.39, 0.29) is 11.5 Å². The SMILES string of the molecule is CN1CCNCC1c1noc(C(C)(C)c2ccc(Br)cc2)n1. The van der Waals surface area contributed by atoms with Crippen LogP contribution in [0, 0.1) is 0 Å². The van der Waals surface area contributed by atoms with E-state index < -0.39 is 0 Å². The fourth-order valence-electron chi connectivity index (χ4n) is 2.71. The Bertz CT molecular complexity index is 638. The summed E-state index contributed by atoms with van der Waals surface area (Å²) in [6, 6.07) is 8.41. The molecule has 3 rings (SSSR count). The van der Waals surface area contributed by atoms with Crippen molar-refractivity contribution in [1.82, 2.24) is 20.4 Å². The Morgan fingerprint density at radius 2 is 2.05 bits per heavy atom. The van der Waals surface area contributed by atoms with Gasteiger partial charge in [-0.2, -0.15) is 4.98 Å². The summed E-state index contributed by atoms with van der Waals surface area (Å²) >= 11 is 3.47. The molecule has 1 aromatic heterocycles. The normalized spacial score (nSPS) is 20.3. The van der Waals surface area contributed by atoms with Crippen LogP contribution in [0.25, 0.3) is 0 Å². The lowest BCUT2D eigenvalue weighted by Crippen LogP contribution is -2.44. The molecule has 0 amide bonds. The molecule has 0 bridgehead atoms. The molecule has 0 spiro atoms. The molecule has 6 heteroatoms. The number of nitrogens with one attached hydrogen (secondary N) is 1. The second-order valence-corrected chi connectivity index (χ2v) is 7.21. The lowest BCUT2D eigenvalue weighted by molar-refractivity contribution is 0.190. The number of likely N-dealkylation sites (N-methyl/N-ethyl adjacent to an activating group) is 1. The van der Waals surface area contributed by atoms with Crippen LogP contribution in [-0.2, 0) is 5.41 Å². The van der Waals surface area contributed by atoms with Crippen molar-refractivity contribution >= 4 is 15.9 Å². The summed E-state index contributed by atoms with van der Waals surface area (Å²) in [6.45, 7) is 7.06. The van der Waals surface area contributed by atoms with Gasteiger partial charge in [-0.15, -0.1) is 0 Å². The Hall–Kier alpha value is -1.24. The van der Waals surface area contributed by atoms with Crippen molar-refractivity contribution in [3.8, 4) is 0 Å². The highest BCUT2D eigenvalue weighted by atomic mass is 79.9. The van der Waals surface area contributed by atoms with E-state index in [4.69, 9.17) is 4.52 Å². The molecule has 1 aliphatic rings. The van der Waals surface area contributed by atoms with E-state index in [1.165, 1.54) is 0 Å². The van der Waals surface area contributed by atoms with Crippen LogP contribution in [0.15, 0.2) is 33.3 Å². The van der Waals surface area contributed by atoms with E-state index in [0.717, 1.165) is 35.5 Å². The summed E-state index contributed by atoms with van der Waals surface area (Å²) in [7, 11) is 2.10. The van der Waals surface area contributed by atoms with Gasteiger partial charge in [-0.05, 0) is 38.6 Å². The van der Waals surface area contributed by atoms with Crippen LogP contribution in [0.1, 0.15) is 37.2 Å². The summed E-state index contributed by atoms with van der Waals surface area (Å²) in [5, 5.41) is 7.60. The van der Waals surface area contributed by atoms with Crippen molar-refractivity contribution < 1.29 is 4.52 Å². The Morgan fingerprint density at radius 3 is 2.73 bits per heavy atom. The number of hydrogen-bond donors (Lipinski definition) is 1. The van der Waals surface area contributed by atoms with Crippen molar-refractivity contribution in [2.75, 3.05) is 26.7 Å². The number of halogens is 1. The minimum Gasteiger partial charge on any atom is -0.338 e. The summed E-state index contributed by atoms with van der Waals surface area (Å²) in [4.78, 5) is 6.95. The van der Waals surface area contributed by atoms with E-state index >= 15 is 0 Å². The summed E-state index contributed by atoms with van der Waals surface area (Å²) in [5.74, 6) is 1.42. The van der Waals surface area contributed by atoms with E-state index in [2.05, 4.69) is 69.3 Å². The molecule has 2 aromatic rings. The van der Waals surface area contributed by atoms with Gasteiger partial charge in [0.2, 0.25) is 5.89 Å². The maximum absolute atomic E-state index is 5.59. The quantitative estimate of drug-likeness (QED) is 0.907. The predicted octanol–water partition coefficient (Wildman–Crippen LogP) is 2.73. The van der Waals surface area contributed by atoms with Gasteiger partial charge >= 0.3 is 0 Å². The first-order chi connectivity index (χ1) is 10.5. The highest BCUT2D eigenvalue weighted by molar-refractivity contribution is 9.10. The Morgan fingerprint density at radius 1 is 1.32 bits per heavy atom. The lowest BCUT2D eigenvalue weighted by atomic mass is 9.84. The van der Waals surface area contributed by atoms with Gasteiger partial charge in [0.15, 0.2) is 5.82 Å². The third-order valence-electron chi connectivity index (χ3n) is 4.35. The highest BCUT2D eigenvalue weighted by Crippen LogP contribution is 2.32. The highest BCUT2D eigenvalue weighted by Gasteiger charge is 2.32. The largest absolute Gasteiger partial charge is 0.338 e. The van der Waals surface area contributed by atoms with Crippen LogP contribution >= 0.6 is 15.9 Å². The molecular weight excluding hydrogens is 344 g/mol. The smallest absolute Gasteiger partial charge is 0.236 e. The zero-order valence-corrected chi connectivity index (χ0v) is 14.7. The predicted molar refractivity (Wildman–Crippen MR) is 88.8 cm³/mol. The van der Waals surface area contributed by atoms with Gasteiger partial charge in [0.05, 0.1) is 11.5 Å². The molecule has 1 N–H and O–H groups in total. The molecule has 0 aliphatic carbocycles. The Balaban J connectivity index is 1.87. The minimum atomic E-state index is -0.313. The first kappa shape index (κ1) is 15.6. The molecule has 0 saturated carbocycles. The lowest BCUT2D eigenvalue weighted by Gasteiger charge is -2.30. The maximum atomic E-state index is 5.59. The molecule has 2 heterocycles. The van der Waals surface area contributed by atoms with Crippen molar-refractivity contribution in [2.45, 2.75) is 25.3 Å². The van der Waals surface area contributed by atoms with Gasteiger partial charge in [-0.1, -0.05) is 33.2 Å². The molecule has 0 radical (unpaired) electrons. The molecule has 1 fully saturated rings. The number of nitrogens with zero attached hydrogens (tertiary/aromatic N) is 3. The Labute approximate surface area is 139 Å². The average molecular weight is 365 g/mol. The number of hydrogen-bond acceptors (Lipinski definition) is 5. The molecule has 1 aromatic carbocycles. The summed E-state index contributed by atoms with van der Waals surface area (Å²) in [6.07, 6.45) is 0. The van der Waals surface area contributed by atoms with E-state index in [1.807, 2.05) is 12.1 Å². The molecule has 1 aliphatic heterocycles. The van der Waals surface area contributed by atoms with Crippen molar-refractivity contribution in [3.63, 3.8) is 0 Å². The van der Waals surface area contributed by atoms with Crippen LogP contribution in [0.5, 0.6) is 0 Å². The third kappa shape index (κ3) is 2.95. The zero-order valence-electron chi connectivity index (χ0n) is 13.1. The van der Waals surface area contributed by atoms with Crippen molar-refractivity contribution in [3.05, 3.63) is 46.0 Å². The topological polar surface area (TPSA) is 54.2 Å². The molecule has 1 unspecified atom stereocenters. The summed E-state index contributed by atoms with van der Waals surface area (Å²) in [5.41, 5.74) is 0.841. The molecule has 22 heavy (non-hydrogen) atoms. The molecule has 118 valence electrons. The fourth-order valence-corrected chi connectivity index (χ4v) is 2.97. The fraction of sp³-hybridized carbons (Fsp3) is 0.500. The van der Waals surface area contributed by atoms with E-state index in [0.29, 0.717) is 5.89 Å². The minimum absolute atomic E-state index is 0.173.